The second-order valence-electron chi connectivity index (χ2n) is 3.53. The maximum absolute atomic E-state index is 11.6. The van der Waals surface area contributed by atoms with Crippen molar-refractivity contribution < 1.29 is 14.4 Å². The predicted molar refractivity (Wildman–Crippen MR) is 58.0 cm³/mol. The van der Waals surface area contributed by atoms with Gasteiger partial charge in [-0.15, -0.1) is 0 Å². The fraction of sp³-hybridized carbons (Fsp3) is 0.200. The minimum atomic E-state index is -0.826. The second-order valence-corrected chi connectivity index (χ2v) is 3.91. The Kier molecular flexibility index (Phi) is 2.81. The number of likely N-dealkylation sites (N-methyl/N-ethyl adjacent to an activating group) is 1. The highest BCUT2D eigenvalue weighted by atomic mass is 35.5. The van der Waals surface area contributed by atoms with Crippen molar-refractivity contribution in [2.45, 2.75) is 6.54 Å². The molecule has 0 saturated carbocycles. The third kappa shape index (κ3) is 1.99. The molecule has 0 unspecified atom stereocenters. The Balaban J connectivity index is 2.19. The number of urea groups is 1. The van der Waals surface area contributed by atoms with Gasteiger partial charge in [0.2, 0.25) is 0 Å². The van der Waals surface area contributed by atoms with E-state index in [9.17, 15) is 14.4 Å². The van der Waals surface area contributed by atoms with Gasteiger partial charge in [0, 0.05) is 13.2 Å². The zero-order chi connectivity index (χ0) is 12.6. The Hall–Kier alpha value is -1.95. The topological polar surface area (TPSA) is 70.6 Å². The van der Waals surface area contributed by atoms with E-state index >= 15 is 0 Å². The van der Waals surface area contributed by atoms with Crippen molar-refractivity contribution in [2.75, 3.05) is 7.05 Å². The molecule has 88 valence electrons. The minimum absolute atomic E-state index is 0.0118. The normalized spacial score (nSPS) is 16.0. The molecule has 1 aliphatic heterocycles. The Morgan fingerprint density at radius 2 is 1.94 bits per heavy atom. The van der Waals surface area contributed by atoms with E-state index in [4.69, 9.17) is 11.6 Å². The molecule has 0 atom stereocenters. The van der Waals surface area contributed by atoms with Gasteiger partial charge in [-0.3, -0.25) is 19.4 Å². The third-order valence-electron chi connectivity index (χ3n) is 2.38. The molecular formula is C10H8ClN3O3. The number of pyridine rings is 1. The number of aromatic nitrogens is 1. The summed E-state index contributed by atoms with van der Waals surface area (Å²) in [5.41, 5.74) is 0.624. The molecule has 1 aliphatic rings. The van der Waals surface area contributed by atoms with Gasteiger partial charge in [-0.25, -0.2) is 9.78 Å². The zero-order valence-electron chi connectivity index (χ0n) is 8.88. The van der Waals surface area contributed by atoms with Crippen molar-refractivity contribution in [2.24, 2.45) is 0 Å². The summed E-state index contributed by atoms with van der Waals surface area (Å²) in [7, 11) is 1.27. The number of imide groups is 2. The van der Waals surface area contributed by atoms with E-state index in [0.29, 0.717) is 10.7 Å². The Morgan fingerprint density at radius 1 is 1.24 bits per heavy atom. The fourth-order valence-electron chi connectivity index (χ4n) is 1.44. The molecule has 0 radical (unpaired) electrons. The largest absolute Gasteiger partial charge is 0.334 e. The lowest BCUT2D eigenvalue weighted by Gasteiger charge is -2.12. The molecule has 0 spiro atoms. The summed E-state index contributed by atoms with van der Waals surface area (Å²) in [6, 6.07) is 2.56. The summed E-state index contributed by atoms with van der Waals surface area (Å²) in [4.78, 5) is 39.8. The summed E-state index contributed by atoms with van der Waals surface area (Å²) in [5, 5.41) is 0.320. The number of nitrogens with zero attached hydrogens (tertiary/aromatic N) is 3. The first kappa shape index (κ1) is 11.5. The van der Waals surface area contributed by atoms with Crippen LogP contribution in [-0.4, -0.2) is 39.7 Å². The Morgan fingerprint density at radius 3 is 2.41 bits per heavy atom. The smallest absolute Gasteiger partial charge is 0.263 e. The molecule has 0 N–H and O–H groups in total. The van der Waals surface area contributed by atoms with Crippen LogP contribution in [-0.2, 0) is 16.1 Å². The molecule has 1 aromatic heterocycles. The van der Waals surface area contributed by atoms with Crippen LogP contribution in [0.4, 0.5) is 4.79 Å². The van der Waals surface area contributed by atoms with Crippen molar-refractivity contribution in [1.29, 1.82) is 0 Å². The molecule has 1 aromatic rings. The highest BCUT2D eigenvalue weighted by molar-refractivity contribution is 6.44. The fourth-order valence-corrected chi connectivity index (χ4v) is 1.55. The lowest BCUT2D eigenvalue weighted by Crippen LogP contribution is -2.31. The summed E-state index contributed by atoms with van der Waals surface area (Å²) in [6.07, 6.45) is 1.45. The van der Waals surface area contributed by atoms with Crippen LogP contribution < -0.4 is 0 Å². The van der Waals surface area contributed by atoms with E-state index in [1.54, 1.807) is 12.1 Å². The van der Waals surface area contributed by atoms with Gasteiger partial charge in [-0.2, -0.15) is 0 Å². The highest BCUT2D eigenvalue weighted by Gasteiger charge is 2.41. The molecule has 4 amide bonds. The first-order valence-electron chi connectivity index (χ1n) is 4.74. The van der Waals surface area contributed by atoms with E-state index in [-0.39, 0.29) is 6.54 Å². The number of rotatable bonds is 2. The summed E-state index contributed by atoms with van der Waals surface area (Å²) < 4.78 is 0. The molecule has 1 fully saturated rings. The quantitative estimate of drug-likeness (QED) is 0.441. The highest BCUT2D eigenvalue weighted by Crippen LogP contribution is 2.14. The molecule has 2 rings (SSSR count). The van der Waals surface area contributed by atoms with E-state index < -0.39 is 17.8 Å². The summed E-state index contributed by atoms with van der Waals surface area (Å²) >= 11 is 5.61. The van der Waals surface area contributed by atoms with E-state index in [0.717, 1.165) is 9.80 Å². The van der Waals surface area contributed by atoms with Crippen molar-refractivity contribution in [3.63, 3.8) is 0 Å². The van der Waals surface area contributed by atoms with Crippen LogP contribution in [0.1, 0.15) is 5.56 Å². The molecule has 0 bridgehead atoms. The first-order valence-corrected chi connectivity index (χ1v) is 5.12. The van der Waals surface area contributed by atoms with Crippen molar-refractivity contribution in [1.82, 2.24) is 14.8 Å². The van der Waals surface area contributed by atoms with Gasteiger partial charge in [-0.1, -0.05) is 17.7 Å². The van der Waals surface area contributed by atoms with Gasteiger partial charge >= 0.3 is 17.8 Å². The average molecular weight is 254 g/mol. The summed E-state index contributed by atoms with van der Waals surface area (Å²) in [5.74, 6) is -1.65. The van der Waals surface area contributed by atoms with Crippen LogP contribution >= 0.6 is 11.6 Å². The van der Waals surface area contributed by atoms with E-state index in [1.807, 2.05) is 0 Å². The van der Waals surface area contributed by atoms with Crippen LogP contribution in [0.5, 0.6) is 0 Å². The summed E-state index contributed by atoms with van der Waals surface area (Å²) in [6.45, 7) is 0.0118. The predicted octanol–water partition coefficient (Wildman–Crippen LogP) is 0.656. The maximum atomic E-state index is 11.6. The maximum Gasteiger partial charge on any atom is 0.334 e. The second kappa shape index (κ2) is 4.14. The number of hydrogen-bond donors (Lipinski definition) is 0. The third-order valence-corrected chi connectivity index (χ3v) is 2.60. The van der Waals surface area contributed by atoms with Crippen LogP contribution in [0.15, 0.2) is 18.3 Å². The molecule has 0 aliphatic carbocycles. The molecule has 7 heteroatoms. The zero-order valence-corrected chi connectivity index (χ0v) is 9.64. The molecule has 1 saturated heterocycles. The van der Waals surface area contributed by atoms with E-state index in [2.05, 4.69) is 4.98 Å². The lowest BCUT2D eigenvalue weighted by molar-refractivity contribution is -0.143. The molecular weight excluding hydrogens is 246 g/mol. The van der Waals surface area contributed by atoms with Gasteiger partial charge < -0.3 is 0 Å². The molecule has 17 heavy (non-hydrogen) atoms. The van der Waals surface area contributed by atoms with E-state index in [1.165, 1.54) is 13.2 Å². The first-order chi connectivity index (χ1) is 8.00. The monoisotopic (exact) mass is 253 g/mol. The van der Waals surface area contributed by atoms with Crippen molar-refractivity contribution in [3.05, 3.63) is 29.0 Å². The van der Waals surface area contributed by atoms with Gasteiger partial charge in [0.25, 0.3) is 0 Å². The number of carbonyl (C=O) groups excluding carboxylic acids is 3. The molecule has 0 aromatic carbocycles. The SMILES string of the molecule is CN1C(=O)C(=O)N(Cc2ccc(Cl)nc2)C1=O. The van der Waals surface area contributed by atoms with Crippen LogP contribution in [0, 0.1) is 0 Å². The average Bonchev–Trinajstić information content (AvgIpc) is 2.50. The van der Waals surface area contributed by atoms with Gasteiger partial charge in [0.15, 0.2) is 0 Å². The number of amides is 4. The van der Waals surface area contributed by atoms with Crippen molar-refractivity contribution in [3.8, 4) is 0 Å². The standard InChI is InChI=1S/C10H8ClN3O3/c1-13-8(15)9(16)14(10(13)17)5-6-2-3-7(11)12-4-6/h2-4H,5H2,1H3. The lowest BCUT2D eigenvalue weighted by atomic mass is 10.3. The van der Waals surface area contributed by atoms with Crippen molar-refractivity contribution >= 4 is 29.4 Å². The van der Waals surface area contributed by atoms with Gasteiger partial charge in [0.1, 0.15) is 5.15 Å². The van der Waals surface area contributed by atoms with Gasteiger partial charge in [0.05, 0.1) is 6.54 Å². The minimum Gasteiger partial charge on any atom is -0.263 e. The van der Waals surface area contributed by atoms with Crippen LogP contribution in [0.2, 0.25) is 5.15 Å². The molecule has 2 heterocycles. The van der Waals surface area contributed by atoms with Crippen LogP contribution in [0.3, 0.4) is 0 Å². The number of hydrogen-bond acceptors (Lipinski definition) is 4. The Labute approximate surface area is 102 Å². The number of halogens is 1. The van der Waals surface area contributed by atoms with Gasteiger partial charge in [-0.05, 0) is 11.6 Å². The number of carbonyl (C=O) groups is 3. The van der Waals surface area contributed by atoms with Crippen LogP contribution in [0.25, 0.3) is 0 Å². The Bertz CT molecular complexity index is 500. The molecule has 6 nitrogen and oxygen atoms in total.